The lowest BCUT2D eigenvalue weighted by Crippen LogP contribution is -2.29. The maximum Gasteiger partial charge on any atom is 0.261 e. The van der Waals surface area contributed by atoms with Gasteiger partial charge in [-0.3, -0.25) is 19.3 Å². The van der Waals surface area contributed by atoms with Crippen molar-refractivity contribution < 1.29 is 19.1 Å². The average Bonchev–Trinajstić information content (AvgIpc) is 3.00. The SMILES string of the molecule is C=CCN1C(=O)c2ccc(C(=O)Nc3ccc(Oc4ccccc4)cc3)cc2C1=O. The molecule has 0 spiro atoms. The smallest absolute Gasteiger partial charge is 0.261 e. The predicted molar refractivity (Wildman–Crippen MR) is 113 cm³/mol. The molecule has 0 saturated heterocycles. The summed E-state index contributed by atoms with van der Waals surface area (Å²) in [5, 5.41) is 2.78. The summed E-state index contributed by atoms with van der Waals surface area (Å²) in [4.78, 5) is 38.4. The first-order valence-electron chi connectivity index (χ1n) is 9.32. The van der Waals surface area contributed by atoms with E-state index in [1.807, 2.05) is 30.3 Å². The van der Waals surface area contributed by atoms with Crippen molar-refractivity contribution in [2.45, 2.75) is 0 Å². The standard InChI is InChI=1S/C24H18N2O4/c1-2-14-26-23(28)20-13-8-16(15-21(20)24(26)29)22(27)25-17-9-11-19(12-10-17)30-18-6-4-3-5-7-18/h2-13,15H,1,14H2,(H,25,27). The van der Waals surface area contributed by atoms with E-state index in [-0.39, 0.29) is 23.9 Å². The van der Waals surface area contributed by atoms with Crippen molar-refractivity contribution in [2.24, 2.45) is 0 Å². The summed E-state index contributed by atoms with van der Waals surface area (Å²) in [5.41, 5.74) is 1.39. The maximum absolute atomic E-state index is 12.6. The van der Waals surface area contributed by atoms with Crippen molar-refractivity contribution in [1.82, 2.24) is 4.90 Å². The first kappa shape index (κ1) is 19.1. The molecule has 6 nitrogen and oxygen atoms in total. The second-order valence-electron chi connectivity index (χ2n) is 6.66. The van der Waals surface area contributed by atoms with Crippen molar-refractivity contribution in [3.8, 4) is 11.5 Å². The highest BCUT2D eigenvalue weighted by molar-refractivity contribution is 6.22. The quantitative estimate of drug-likeness (QED) is 0.490. The van der Waals surface area contributed by atoms with E-state index in [1.165, 1.54) is 24.3 Å². The van der Waals surface area contributed by atoms with Crippen LogP contribution in [0.3, 0.4) is 0 Å². The minimum atomic E-state index is -0.424. The Kier molecular flexibility index (Phi) is 5.13. The zero-order valence-corrected chi connectivity index (χ0v) is 16.0. The Bertz CT molecular complexity index is 1140. The monoisotopic (exact) mass is 398 g/mol. The number of rotatable bonds is 6. The number of nitrogens with zero attached hydrogens (tertiary/aromatic N) is 1. The summed E-state index contributed by atoms with van der Waals surface area (Å²) in [6, 6.07) is 20.8. The number of fused-ring (bicyclic) bond motifs is 1. The van der Waals surface area contributed by atoms with Gasteiger partial charge in [0.15, 0.2) is 0 Å². The second-order valence-corrected chi connectivity index (χ2v) is 6.66. The van der Waals surface area contributed by atoms with Gasteiger partial charge in [-0.15, -0.1) is 6.58 Å². The Morgan fingerprint density at radius 1 is 0.900 bits per heavy atom. The number of anilines is 1. The molecular formula is C24H18N2O4. The van der Waals surface area contributed by atoms with Crippen LogP contribution in [-0.2, 0) is 0 Å². The van der Waals surface area contributed by atoms with Gasteiger partial charge in [0, 0.05) is 17.8 Å². The minimum absolute atomic E-state index is 0.130. The lowest BCUT2D eigenvalue weighted by Gasteiger charge is -2.09. The third-order valence-corrected chi connectivity index (χ3v) is 4.64. The Morgan fingerprint density at radius 3 is 2.27 bits per heavy atom. The zero-order valence-electron chi connectivity index (χ0n) is 16.0. The lowest BCUT2D eigenvalue weighted by molar-refractivity contribution is 0.0672. The third-order valence-electron chi connectivity index (χ3n) is 4.64. The number of carbonyl (C=O) groups excluding carboxylic acids is 3. The van der Waals surface area contributed by atoms with Gasteiger partial charge >= 0.3 is 0 Å². The fourth-order valence-electron chi connectivity index (χ4n) is 3.16. The molecule has 0 saturated carbocycles. The van der Waals surface area contributed by atoms with Crippen LogP contribution in [0.15, 0.2) is 85.5 Å². The molecule has 1 heterocycles. The van der Waals surface area contributed by atoms with Crippen molar-refractivity contribution >= 4 is 23.4 Å². The number of benzene rings is 3. The summed E-state index contributed by atoms with van der Waals surface area (Å²) in [5.74, 6) is 0.181. The molecule has 1 aliphatic rings. The van der Waals surface area contributed by atoms with Crippen molar-refractivity contribution in [1.29, 1.82) is 0 Å². The Morgan fingerprint density at radius 2 is 1.57 bits per heavy atom. The molecule has 4 rings (SSSR count). The van der Waals surface area contributed by atoms with Gasteiger partial charge in [-0.25, -0.2) is 0 Å². The number of nitrogens with one attached hydrogen (secondary N) is 1. The number of carbonyl (C=O) groups is 3. The molecule has 0 aromatic heterocycles. The molecule has 3 aromatic carbocycles. The molecule has 0 unspecified atom stereocenters. The largest absolute Gasteiger partial charge is 0.457 e. The van der Waals surface area contributed by atoms with E-state index in [4.69, 9.17) is 4.74 Å². The average molecular weight is 398 g/mol. The van der Waals surface area contributed by atoms with Gasteiger partial charge in [-0.1, -0.05) is 24.3 Å². The van der Waals surface area contributed by atoms with Gasteiger partial charge in [0.25, 0.3) is 17.7 Å². The fraction of sp³-hybridized carbons (Fsp3) is 0.0417. The highest BCUT2D eigenvalue weighted by Gasteiger charge is 2.35. The summed E-state index contributed by atoms with van der Waals surface area (Å²) in [7, 11) is 0. The molecule has 6 heteroatoms. The Hall–Kier alpha value is -4.19. The van der Waals surface area contributed by atoms with Crippen LogP contribution >= 0.6 is 0 Å². The molecule has 0 aliphatic carbocycles. The molecule has 148 valence electrons. The molecule has 3 aromatic rings. The van der Waals surface area contributed by atoms with Crippen molar-refractivity contribution in [2.75, 3.05) is 11.9 Å². The molecule has 0 bridgehead atoms. The van der Waals surface area contributed by atoms with Crippen LogP contribution in [0.4, 0.5) is 5.69 Å². The second kappa shape index (κ2) is 8.05. The van der Waals surface area contributed by atoms with Gasteiger partial charge in [-0.2, -0.15) is 0 Å². The van der Waals surface area contributed by atoms with Crippen LogP contribution in [0, 0.1) is 0 Å². The summed E-state index contributed by atoms with van der Waals surface area (Å²) < 4.78 is 5.73. The van der Waals surface area contributed by atoms with Crippen LogP contribution in [0.25, 0.3) is 0 Å². The fourth-order valence-corrected chi connectivity index (χ4v) is 3.16. The minimum Gasteiger partial charge on any atom is -0.457 e. The van der Waals surface area contributed by atoms with Gasteiger partial charge in [-0.05, 0) is 54.6 Å². The normalized spacial score (nSPS) is 12.5. The van der Waals surface area contributed by atoms with E-state index in [0.29, 0.717) is 22.6 Å². The first-order chi connectivity index (χ1) is 14.6. The molecule has 1 N–H and O–H groups in total. The third kappa shape index (κ3) is 3.71. The number of ether oxygens (including phenoxy) is 1. The van der Waals surface area contributed by atoms with E-state index in [0.717, 1.165) is 10.6 Å². The molecule has 0 atom stereocenters. The van der Waals surface area contributed by atoms with E-state index in [2.05, 4.69) is 11.9 Å². The van der Waals surface area contributed by atoms with E-state index in [1.54, 1.807) is 24.3 Å². The number of amides is 3. The summed E-state index contributed by atoms with van der Waals surface area (Å²) >= 11 is 0. The molecular weight excluding hydrogens is 380 g/mol. The number of hydrogen-bond donors (Lipinski definition) is 1. The van der Waals surface area contributed by atoms with Crippen molar-refractivity contribution in [3.63, 3.8) is 0 Å². The van der Waals surface area contributed by atoms with E-state index in [9.17, 15) is 14.4 Å². The van der Waals surface area contributed by atoms with E-state index < -0.39 is 5.91 Å². The van der Waals surface area contributed by atoms with Crippen LogP contribution in [0.5, 0.6) is 11.5 Å². The highest BCUT2D eigenvalue weighted by Crippen LogP contribution is 2.25. The summed E-state index contributed by atoms with van der Waals surface area (Å²) in [6.07, 6.45) is 1.49. The molecule has 3 amide bonds. The summed E-state index contributed by atoms with van der Waals surface area (Å²) in [6.45, 7) is 3.69. The first-order valence-corrected chi connectivity index (χ1v) is 9.32. The van der Waals surface area contributed by atoms with Crippen LogP contribution in [0.2, 0.25) is 0 Å². The Labute approximate surface area is 173 Å². The van der Waals surface area contributed by atoms with Gasteiger partial charge in [0.1, 0.15) is 11.5 Å². The maximum atomic E-state index is 12.6. The zero-order chi connectivity index (χ0) is 21.1. The lowest BCUT2D eigenvalue weighted by atomic mass is 10.1. The van der Waals surface area contributed by atoms with Gasteiger partial charge in [0.2, 0.25) is 0 Å². The molecule has 30 heavy (non-hydrogen) atoms. The number of para-hydroxylation sites is 1. The predicted octanol–water partition coefficient (Wildman–Crippen LogP) is 4.51. The molecule has 0 radical (unpaired) electrons. The van der Waals surface area contributed by atoms with Crippen LogP contribution in [-0.4, -0.2) is 29.2 Å². The number of hydrogen-bond acceptors (Lipinski definition) is 4. The topological polar surface area (TPSA) is 75.7 Å². The highest BCUT2D eigenvalue weighted by atomic mass is 16.5. The van der Waals surface area contributed by atoms with Crippen LogP contribution < -0.4 is 10.1 Å². The van der Waals surface area contributed by atoms with Gasteiger partial charge in [0.05, 0.1) is 11.1 Å². The molecule has 0 fully saturated rings. The number of imide groups is 1. The van der Waals surface area contributed by atoms with Crippen LogP contribution in [0.1, 0.15) is 31.1 Å². The molecule has 1 aliphatic heterocycles. The Balaban J connectivity index is 1.47. The van der Waals surface area contributed by atoms with Crippen molar-refractivity contribution in [3.05, 3.63) is 102 Å². The van der Waals surface area contributed by atoms with E-state index >= 15 is 0 Å². The van der Waals surface area contributed by atoms with Gasteiger partial charge < -0.3 is 10.1 Å².